The highest BCUT2D eigenvalue weighted by atomic mass is 35.5. The van der Waals surface area contributed by atoms with Gasteiger partial charge in [-0.15, -0.1) is 0 Å². The molecule has 3 nitrogen and oxygen atoms in total. The number of halogens is 2. The summed E-state index contributed by atoms with van der Waals surface area (Å²) in [5.74, 6) is -0.351. The zero-order chi connectivity index (χ0) is 13.0. The minimum Gasteiger partial charge on any atom is -0.314 e. The van der Waals surface area contributed by atoms with E-state index in [4.69, 9.17) is 16.9 Å². The Labute approximate surface area is 111 Å². The van der Waals surface area contributed by atoms with Gasteiger partial charge in [0.25, 0.3) is 0 Å². The second-order valence-electron chi connectivity index (χ2n) is 4.37. The van der Waals surface area contributed by atoms with Crippen molar-refractivity contribution in [2.24, 2.45) is 0 Å². The first-order valence-corrected chi connectivity index (χ1v) is 6.36. The van der Waals surface area contributed by atoms with Crippen LogP contribution in [0.3, 0.4) is 0 Å². The SMILES string of the molecule is N#CC[C@@H](c1cc(F)cc(Cl)c1)N1CCNCC1. The van der Waals surface area contributed by atoms with Gasteiger partial charge >= 0.3 is 0 Å². The molecule has 0 spiro atoms. The second-order valence-corrected chi connectivity index (χ2v) is 4.80. The Bertz CT molecular complexity index is 432. The maximum atomic E-state index is 13.4. The summed E-state index contributed by atoms with van der Waals surface area (Å²) >= 11 is 5.88. The first kappa shape index (κ1) is 13.3. The van der Waals surface area contributed by atoms with Crippen molar-refractivity contribution in [1.29, 1.82) is 5.26 Å². The van der Waals surface area contributed by atoms with Crippen molar-refractivity contribution in [3.05, 3.63) is 34.6 Å². The fourth-order valence-corrected chi connectivity index (χ4v) is 2.54. The summed E-state index contributed by atoms with van der Waals surface area (Å²) in [6, 6.07) is 6.59. The molecule has 96 valence electrons. The summed E-state index contributed by atoms with van der Waals surface area (Å²) in [5.41, 5.74) is 0.781. The second kappa shape index (κ2) is 6.14. The van der Waals surface area contributed by atoms with Crippen LogP contribution in [0.25, 0.3) is 0 Å². The van der Waals surface area contributed by atoms with Gasteiger partial charge in [0.2, 0.25) is 0 Å². The van der Waals surface area contributed by atoms with Gasteiger partial charge in [0, 0.05) is 37.2 Å². The monoisotopic (exact) mass is 267 g/mol. The first-order chi connectivity index (χ1) is 8.70. The van der Waals surface area contributed by atoms with Gasteiger partial charge < -0.3 is 5.32 Å². The van der Waals surface area contributed by atoms with E-state index in [9.17, 15) is 4.39 Å². The van der Waals surface area contributed by atoms with Crippen molar-refractivity contribution in [1.82, 2.24) is 10.2 Å². The number of hydrogen-bond donors (Lipinski definition) is 1. The molecule has 0 aromatic heterocycles. The van der Waals surface area contributed by atoms with Gasteiger partial charge in [-0.25, -0.2) is 4.39 Å². The van der Waals surface area contributed by atoms with E-state index >= 15 is 0 Å². The van der Waals surface area contributed by atoms with E-state index < -0.39 is 0 Å². The Balaban J connectivity index is 2.25. The maximum absolute atomic E-state index is 13.4. The normalized spacial score (nSPS) is 18.3. The quantitative estimate of drug-likeness (QED) is 0.914. The van der Waals surface area contributed by atoms with Crippen molar-refractivity contribution < 1.29 is 4.39 Å². The molecule has 1 aromatic carbocycles. The van der Waals surface area contributed by atoms with E-state index in [0.717, 1.165) is 31.7 Å². The predicted octanol–water partition coefficient (Wildman–Crippen LogP) is 2.34. The van der Waals surface area contributed by atoms with Gasteiger partial charge in [0.15, 0.2) is 0 Å². The minimum atomic E-state index is -0.351. The number of nitrogens with zero attached hydrogens (tertiary/aromatic N) is 2. The molecule has 1 aliphatic rings. The zero-order valence-corrected chi connectivity index (χ0v) is 10.8. The lowest BCUT2D eigenvalue weighted by molar-refractivity contribution is 0.175. The first-order valence-electron chi connectivity index (χ1n) is 5.98. The topological polar surface area (TPSA) is 39.1 Å². The van der Waals surface area contributed by atoms with Crippen LogP contribution in [-0.4, -0.2) is 31.1 Å². The van der Waals surface area contributed by atoms with E-state index in [2.05, 4.69) is 16.3 Å². The van der Waals surface area contributed by atoms with E-state index in [1.165, 1.54) is 12.1 Å². The molecule has 0 aliphatic carbocycles. The van der Waals surface area contributed by atoms with Crippen LogP contribution in [0.1, 0.15) is 18.0 Å². The zero-order valence-electron chi connectivity index (χ0n) is 10.00. The summed E-state index contributed by atoms with van der Waals surface area (Å²) in [7, 11) is 0. The van der Waals surface area contributed by atoms with Crippen molar-refractivity contribution >= 4 is 11.6 Å². The molecule has 0 saturated carbocycles. The summed E-state index contributed by atoms with van der Waals surface area (Å²) in [5, 5.41) is 12.6. The van der Waals surface area contributed by atoms with Crippen molar-refractivity contribution in [2.75, 3.05) is 26.2 Å². The Kier molecular flexibility index (Phi) is 4.54. The Morgan fingerprint density at radius 2 is 2.11 bits per heavy atom. The highest BCUT2D eigenvalue weighted by molar-refractivity contribution is 6.30. The van der Waals surface area contributed by atoms with Crippen LogP contribution in [0, 0.1) is 17.1 Å². The van der Waals surface area contributed by atoms with Gasteiger partial charge in [-0.05, 0) is 23.8 Å². The molecule has 0 amide bonds. The van der Waals surface area contributed by atoms with Crippen molar-refractivity contribution in [3.63, 3.8) is 0 Å². The summed E-state index contributed by atoms with van der Waals surface area (Å²) in [6.45, 7) is 3.51. The summed E-state index contributed by atoms with van der Waals surface area (Å²) in [6.07, 6.45) is 0.347. The lowest BCUT2D eigenvalue weighted by Gasteiger charge is -2.34. The van der Waals surface area contributed by atoms with Crippen LogP contribution in [0.15, 0.2) is 18.2 Å². The molecule has 2 rings (SSSR count). The molecule has 18 heavy (non-hydrogen) atoms. The molecule has 1 N–H and O–H groups in total. The molecule has 1 aliphatic heterocycles. The average molecular weight is 268 g/mol. The summed E-state index contributed by atoms with van der Waals surface area (Å²) in [4.78, 5) is 2.20. The molecule has 1 atom stereocenters. The average Bonchev–Trinajstić information content (AvgIpc) is 2.36. The Morgan fingerprint density at radius 3 is 2.72 bits per heavy atom. The van der Waals surface area contributed by atoms with Crippen molar-refractivity contribution in [3.8, 4) is 6.07 Å². The van der Waals surface area contributed by atoms with Gasteiger partial charge in [-0.2, -0.15) is 5.26 Å². The van der Waals surface area contributed by atoms with E-state index in [-0.39, 0.29) is 11.9 Å². The summed E-state index contributed by atoms with van der Waals surface area (Å²) < 4.78 is 13.4. The van der Waals surface area contributed by atoms with E-state index in [0.29, 0.717) is 11.4 Å². The number of nitriles is 1. The van der Waals surface area contributed by atoms with Crippen molar-refractivity contribution in [2.45, 2.75) is 12.5 Å². The third kappa shape index (κ3) is 3.20. The van der Waals surface area contributed by atoms with Gasteiger partial charge in [-0.1, -0.05) is 11.6 Å². The maximum Gasteiger partial charge on any atom is 0.125 e. The van der Waals surface area contributed by atoms with Crippen LogP contribution in [0.2, 0.25) is 5.02 Å². The predicted molar refractivity (Wildman–Crippen MR) is 68.8 cm³/mol. The number of benzene rings is 1. The Morgan fingerprint density at radius 1 is 1.39 bits per heavy atom. The highest BCUT2D eigenvalue weighted by Crippen LogP contribution is 2.27. The fourth-order valence-electron chi connectivity index (χ4n) is 2.31. The standard InChI is InChI=1S/C13H15ClFN3/c14-11-7-10(8-12(15)9-11)13(1-2-16)18-5-3-17-4-6-18/h7-9,13,17H,1,3-6H2/t13-/m0/s1. The van der Waals surface area contributed by atoms with Crippen LogP contribution in [0.4, 0.5) is 4.39 Å². The molecule has 1 saturated heterocycles. The molecule has 1 fully saturated rings. The molecule has 0 unspecified atom stereocenters. The smallest absolute Gasteiger partial charge is 0.125 e. The highest BCUT2D eigenvalue weighted by Gasteiger charge is 2.22. The molecule has 5 heteroatoms. The van der Waals surface area contributed by atoms with Gasteiger partial charge in [0.05, 0.1) is 12.5 Å². The van der Waals surface area contributed by atoms with Gasteiger partial charge in [-0.3, -0.25) is 4.90 Å². The van der Waals surface area contributed by atoms with Crippen LogP contribution >= 0.6 is 11.6 Å². The fraction of sp³-hybridized carbons (Fsp3) is 0.462. The van der Waals surface area contributed by atoms with E-state index in [1.54, 1.807) is 6.07 Å². The molecule has 0 bridgehead atoms. The van der Waals surface area contributed by atoms with Crippen LogP contribution < -0.4 is 5.32 Å². The molecule has 1 heterocycles. The van der Waals surface area contributed by atoms with Gasteiger partial charge in [0.1, 0.15) is 5.82 Å². The third-order valence-electron chi connectivity index (χ3n) is 3.15. The third-order valence-corrected chi connectivity index (χ3v) is 3.36. The van der Waals surface area contributed by atoms with E-state index in [1.807, 2.05) is 0 Å². The molecule has 1 aromatic rings. The minimum absolute atomic E-state index is 0.0784. The van der Waals surface area contributed by atoms with Crippen LogP contribution in [0.5, 0.6) is 0 Å². The Hall–Kier alpha value is -1.15. The number of hydrogen-bond acceptors (Lipinski definition) is 3. The number of rotatable bonds is 3. The lowest BCUT2D eigenvalue weighted by atomic mass is 10.0. The molecular formula is C13H15ClFN3. The lowest BCUT2D eigenvalue weighted by Crippen LogP contribution is -2.45. The van der Waals surface area contributed by atoms with Crippen LogP contribution in [-0.2, 0) is 0 Å². The number of nitrogens with one attached hydrogen (secondary N) is 1. The molecule has 0 radical (unpaired) electrons. The molecular weight excluding hydrogens is 253 g/mol. The number of piperazine rings is 1. The largest absolute Gasteiger partial charge is 0.314 e.